The summed E-state index contributed by atoms with van der Waals surface area (Å²) in [4.78, 5) is 11.9. The van der Waals surface area contributed by atoms with Gasteiger partial charge in [0.25, 0.3) is 0 Å². The zero-order valence-corrected chi connectivity index (χ0v) is 9.00. The molecule has 2 nitrogen and oxygen atoms in total. The van der Waals surface area contributed by atoms with Crippen LogP contribution < -0.4 is 5.32 Å². The lowest BCUT2D eigenvalue weighted by Gasteiger charge is -2.12. The average molecular weight is 191 g/mol. The Morgan fingerprint density at radius 3 is 2.71 bits per heavy atom. The highest BCUT2D eigenvalue weighted by molar-refractivity contribution is 6.00. The first-order chi connectivity index (χ1) is 6.69. The Labute approximate surface area is 85.3 Å². The summed E-state index contributed by atoms with van der Waals surface area (Å²) >= 11 is 0. The van der Waals surface area contributed by atoms with Gasteiger partial charge in [-0.25, -0.2) is 0 Å². The van der Waals surface area contributed by atoms with Crippen molar-refractivity contribution in [3.05, 3.63) is 35.4 Å². The third-order valence-corrected chi connectivity index (χ3v) is 2.38. The van der Waals surface area contributed by atoms with Crippen LogP contribution in [0.5, 0.6) is 0 Å². The van der Waals surface area contributed by atoms with Crippen LogP contribution in [0.25, 0.3) is 0 Å². The Hall–Kier alpha value is -1.15. The Morgan fingerprint density at radius 1 is 1.50 bits per heavy atom. The number of hydrogen-bond donors (Lipinski definition) is 1. The molecule has 0 heterocycles. The number of ketones is 1. The molecule has 0 saturated heterocycles. The summed E-state index contributed by atoms with van der Waals surface area (Å²) in [5.41, 5.74) is 1.92. The standard InChI is InChI=1S/C12H17NO/c1-4-11(13-3)12(14)10-7-5-6-9(2)8-10/h5-8,11,13H,4H2,1-3H3/t11-/m0/s1. The predicted molar refractivity (Wildman–Crippen MR) is 58.6 cm³/mol. The maximum Gasteiger partial charge on any atom is 0.179 e. The third kappa shape index (κ3) is 2.42. The van der Waals surface area contributed by atoms with Crippen molar-refractivity contribution in [2.45, 2.75) is 26.3 Å². The molecule has 0 aliphatic carbocycles. The van der Waals surface area contributed by atoms with Crippen LogP contribution in [0.15, 0.2) is 24.3 Å². The lowest BCUT2D eigenvalue weighted by Crippen LogP contribution is -2.33. The van der Waals surface area contributed by atoms with E-state index in [0.29, 0.717) is 0 Å². The van der Waals surface area contributed by atoms with Gasteiger partial charge in [-0.05, 0) is 26.5 Å². The van der Waals surface area contributed by atoms with Gasteiger partial charge in [0, 0.05) is 5.56 Å². The number of carbonyl (C=O) groups is 1. The van der Waals surface area contributed by atoms with E-state index >= 15 is 0 Å². The summed E-state index contributed by atoms with van der Waals surface area (Å²) in [6, 6.07) is 7.66. The normalized spacial score (nSPS) is 12.5. The van der Waals surface area contributed by atoms with E-state index in [4.69, 9.17) is 0 Å². The molecule has 14 heavy (non-hydrogen) atoms. The molecule has 0 unspecified atom stereocenters. The first-order valence-electron chi connectivity index (χ1n) is 4.97. The largest absolute Gasteiger partial charge is 0.310 e. The lowest BCUT2D eigenvalue weighted by molar-refractivity contribution is 0.0945. The molecular formula is C12H17NO. The van der Waals surface area contributed by atoms with Crippen molar-refractivity contribution in [2.75, 3.05) is 7.05 Å². The first-order valence-corrected chi connectivity index (χ1v) is 4.97. The molecule has 1 rings (SSSR count). The summed E-state index contributed by atoms with van der Waals surface area (Å²) in [5.74, 6) is 0.179. The molecule has 1 aromatic carbocycles. The third-order valence-electron chi connectivity index (χ3n) is 2.38. The van der Waals surface area contributed by atoms with Gasteiger partial charge in [-0.3, -0.25) is 4.79 Å². The van der Waals surface area contributed by atoms with E-state index < -0.39 is 0 Å². The van der Waals surface area contributed by atoms with Crippen LogP contribution in [-0.2, 0) is 0 Å². The number of aryl methyl sites for hydroxylation is 1. The predicted octanol–water partition coefficient (Wildman–Crippen LogP) is 2.18. The summed E-state index contributed by atoms with van der Waals surface area (Å²) in [6.45, 7) is 4.01. The number of hydrogen-bond acceptors (Lipinski definition) is 2. The molecule has 0 spiro atoms. The van der Waals surface area contributed by atoms with Crippen LogP contribution in [0.3, 0.4) is 0 Å². The van der Waals surface area contributed by atoms with Crippen molar-refractivity contribution in [2.24, 2.45) is 0 Å². The summed E-state index contributed by atoms with van der Waals surface area (Å²) in [6.07, 6.45) is 0.823. The fourth-order valence-electron chi connectivity index (χ4n) is 1.52. The number of nitrogens with one attached hydrogen (secondary N) is 1. The fraction of sp³-hybridized carbons (Fsp3) is 0.417. The lowest BCUT2D eigenvalue weighted by atomic mass is 10.0. The van der Waals surface area contributed by atoms with Crippen LogP contribution in [0.1, 0.15) is 29.3 Å². The van der Waals surface area contributed by atoms with Crippen molar-refractivity contribution >= 4 is 5.78 Å². The number of likely N-dealkylation sites (N-methyl/N-ethyl adjacent to an activating group) is 1. The van der Waals surface area contributed by atoms with E-state index in [9.17, 15) is 4.79 Å². The molecule has 0 aliphatic rings. The second kappa shape index (κ2) is 4.91. The van der Waals surface area contributed by atoms with E-state index in [-0.39, 0.29) is 11.8 Å². The molecule has 1 atom stereocenters. The molecule has 0 aromatic heterocycles. The second-order valence-electron chi connectivity index (χ2n) is 3.48. The summed E-state index contributed by atoms with van der Waals surface area (Å²) in [5, 5.41) is 3.02. The number of rotatable bonds is 4. The first kappa shape index (κ1) is 10.9. The molecule has 0 aliphatic heterocycles. The van der Waals surface area contributed by atoms with E-state index in [1.165, 1.54) is 0 Å². The highest BCUT2D eigenvalue weighted by Crippen LogP contribution is 2.08. The van der Waals surface area contributed by atoms with E-state index in [1.807, 2.05) is 45.2 Å². The van der Waals surface area contributed by atoms with Gasteiger partial charge in [0.05, 0.1) is 6.04 Å². The minimum Gasteiger partial charge on any atom is -0.310 e. The van der Waals surface area contributed by atoms with Gasteiger partial charge in [-0.15, -0.1) is 0 Å². The van der Waals surface area contributed by atoms with E-state index in [0.717, 1.165) is 17.5 Å². The maximum absolute atomic E-state index is 11.9. The SMILES string of the molecule is CC[C@H](NC)C(=O)c1cccc(C)c1. The number of carbonyl (C=O) groups excluding carboxylic acids is 1. The van der Waals surface area contributed by atoms with E-state index in [1.54, 1.807) is 0 Å². The molecular weight excluding hydrogens is 174 g/mol. The van der Waals surface area contributed by atoms with Gasteiger partial charge >= 0.3 is 0 Å². The Morgan fingerprint density at radius 2 is 2.21 bits per heavy atom. The quantitative estimate of drug-likeness (QED) is 0.739. The zero-order valence-electron chi connectivity index (χ0n) is 9.00. The summed E-state index contributed by atoms with van der Waals surface area (Å²) < 4.78 is 0. The van der Waals surface area contributed by atoms with Gasteiger partial charge in [0.2, 0.25) is 0 Å². The molecule has 0 bridgehead atoms. The van der Waals surface area contributed by atoms with Crippen LogP contribution in [0.4, 0.5) is 0 Å². The minimum atomic E-state index is -0.0585. The monoisotopic (exact) mass is 191 g/mol. The topological polar surface area (TPSA) is 29.1 Å². The van der Waals surface area contributed by atoms with Crippen molar-refractivity contribution in [3.8, 4) is 0 Å². The highest BCUT2D eigenvalue weighted by atomic mass is 16.1. The van der Waals surface area contributed by atoms with Crippen molar-refractivity contribution in [1.82, 2.24) is 5.32 Å². The Kier molecular flexibility index (Phi) is 3.84. The zero-order chi connectivity index (χ0) is 10.6. The van der Waals surface area contributed by atoms with Crippen LogP contribution in [-0.4, -0.2) is 18.9 Å². The molecule has 2 heteroatoms. The molecule has 0 fully saturated rings. The molecule has 0 radical (unpaired) electrons. The minimum absolute atomic E-state index is 0.0585. The van der Waals surface area contributed by atoms with Crippen LogP contribution in [0, 0.1) is 6.92 Å². The maximum atomic E-state index is 11.9. The molecule has 76 valence electrons. The van der Waals surface area contributed by atoms with Gasteiger partial charge < -0.3 is 5.32 Å². The van der Waals surface area contributed by atoms with Crippen LogP contribution >= 0.6 is 0 Å². The molecule has 0 saturated carbocycles. The molecule has 1 aromatic rings. The number of benzene rings is 1. The van der Waals surface area contributed by atoms with Crippen molar-refractivity contribution in [1.29, 1.82) is 0 Å². The Balaban J connectivity index is 2.88. The van der Waals surface area contributed by atoms with Gasteiger partial charge in [0.15, 0.2) is 5.78 Å². The molecule has 1 N–H and O–H groups in total. The van der Waals surface area contributed by atoms with E-state index in [2.05, 4.69) is 5.32 Å². The van der Waals surface area contributed by atoms with Gasteiger partial charge in [-0.2, -0.15) is 0 Å². The van der Waals surface area contributed by atoms with Crippen LogP contribution in [0.2, 0.25) is 0 Å². The highest BCUT2D eigenvalue weighted by Gasteiger charge is 2.15. The fourth-order valence-corrected chi connectivity index (χ4v) is 1.52. The van der Waals surface area contributed by atoms with Gasteiger partial charge in [0.1, 0.15) is 0 Å². The average Bonchev–Trinajstić information content (AvgIpc) is 2.19. The van der Waals surface area contributed by atoms with Crippen molar-refractivity contribution < 1.29 is 4.79 Å². The Bertz CT molecular complexity index is 316. The summed E-state index contributed by atoms with van der Waals surface area (Å²) in [7, 11) is 1.82. The van der Waals surface area contributed by atoms with Gasteiger partial charge in [-0.1, -0.05) is 30.7 Å². The smallest absolute Gasteiger partial charge is 0.179 e. The second-order valence-corrected chi connectivity index (χ2v) is 3.48. The molecule has 0 amide bonds. The number of Topliss-reactive ketones (excluding diaryl/α,β-unsaturated/α-hetero) is 1. The van der Waals surface area contributed by atoms with Crippen molar-refractivity contribution in [3.63, 3.8) is 0 Å².